The Labute approximate surface area is 270 Å². The van der Waals surface area contributed by atoms with Crippen LogP contribution in [-0.4, -0.2) is 112 Å². The molecule has 13 heteroatoms. The number of hydrogen-bond acceptors (Lipinski definition) is 11. The lowest BCUT2D eigenvalue weighted by Crippen LogP contribution is -2.63. The molecule has 2 heterocycles. The van der Waals surface area contributed by atoms with E-state index in [9.17, 15) is 34.0 Å². The maximum Gasteiger partial charge on any atom is 0.264 e. The van der Waals surface area contributed by atoms with Crippen LogP contribution in [-0.2, 0) is 29.1 Å². The van der Waals surface area contributed by atoms with Crippen LogP contribution in [0.15, 0.2) is 0 Å². The van der Waals surface area contributed by atoms with E-state index in [1.807, 2.05) is 0 Å². The van der Waals surface area contributed by atoms with Crippen LogP contribution in [0.3, 0.4) is 0 Å². The first-order valence-electron chi connectivity index (χ1n) is 17.3. The monoisotopic (exact) mass is 670 g/mol. The van der Waals surface area contributed by atoms with E-state index >= 15 is 0 Å². The Hall–Kier alpha value is -0.450. The van der Waals surface area contributed by atoms with Crippen molar-refractivity contribution in [3.8, 4) is 0 Å². The van der Waals surface area contributed by atoms with Gasteiger partial charge in [-0.25, -0.2) is 0 Å². The second-order valence-electron chi connectivity index (χ2n) is 13.0. The number of aliphatic hydroxyl groups excluding tert-OH is 5. The predicted molar refractivity (Wildman–Crippen MR) is 169 cm³/mol. The highest BCUT2D eigenvalue weighted by Gasteiger charge is 2.50. The highest BCUT2D eigenvalue weighted by atomic mass is 32.2. The quantitative estimate of drug-likeness (QED) is 0.0685. The largest absolute Gasteiger partial charge is 0.388 e. The molecule has 45 heavy (non-hydrogen) atoms. The van der Waals surface area contributed by atoms with Gasteiger partial charge < -0.3 is 44.5 Å². The normalized spacial score (nSPS) is 33.4. The molecule has 2 aliphatic rings. The first-order chi connectivity index (χ1) is 21.4. The average Bonchev–Trinajstić information content (AvgIpc) is 2.99. The summed E-state index contributed by atoms with van der Waals surface area (Å²) in [7, 11) is -3.83. The fraction of sp³-hybridized carbons (Fsp3) is 1.00. The minimum absolute atomic E-state index is 0.140. The molecule has 11 atom stereocenters. The Morgan fingerprint density at radius 3 is 1.56 bits per heavy atom. The van der Waals surface area contributed by atoms with Crippen LogP contribution in [0, 0.1) is 0 Å². The van der Waals surface area contributed by atoms with Gasteiger partial charge in [-0.2, -0.15) is 8.42 Å². The summed E-state index contributed by atoms with van der Waals surface area (Å²) in [5.41, 5.74) is 0. The summed E-state index contributed by atoms with van der Waals surface area (Å²) in [6, 6.07) is 0. The van der Waals surface area contributed by atoms with Crippen LogP contribution in [0.1, 0.15) is 130 Å². The van der Waals surface area contributed by atoms with E-state index in [0.29, 0.717) is 6.42 Å². The molecule has 12 nitrogen and oxygen atoms in total. The number of aliphatic hydroxyl groups is 5. The molecule has 0 bridgehead atoms. The van der Waals surface area contributed by atoms with E-state index in [1.54, 1.807) is 13.8 Å². The second kappa shape index (κ2) is 21.5. The molecular weight excluding hydrogens is 608 g/mol. The third-order valence-corrected chi connectivity index (χ3v) is 9.82. The molecule has 2 saturated heterocycles. The molecule has 0 saturated carbocycles. The van der Waals surface area contributed by atoms with E-state index in [0.717, 1.165) is 70.6 Å². The Morgan fingerprint density at radius 1 is 0.600 bits per heavy atom. The number of rotatable bonds is 23. The summed E-state index contributed by atoms with van der Waals surface area (Å²) in [5, 5.41) is 52.1. The van der Waals surface area contributed by atoms with Crippen molar-refractivity contribution in [1.29, 1.82) is 0 Å². The number of hydrogen-bond donors (Lipinski definition) is 6. The van der Waals surface area contributed by atoms with Crippen LogP contribution in [0.4, 0.5) is 0 Å². The fourth-order valence-electron chi connectivity index (χ4n) is 6.04. The molecule has 0 aromatic carbocycles. The summed E-state index contributed by atoms with van der Waals surface area (Å²) < 4.78 is 54.0. The molecule has 2 fully saturated rings. The van der Waals surface area contributed by atoms with Crippen LogP contribution in [0.5, 0.6) is 0 Å². The highest BCUT2D eigenvalue weighted by Crippen LogP contribution is 2.31. The summed E-state index contributed by atoms with van der Waals surface area (Å²) in [4.78, 5) is 0. The molecule has 1 unspecified atom stereocenters. The van der Waals surface area contributed by atoms with E-state index in [4.69, 9.17) is 23.5 Å². The van der Waals surface area contributed by atoms with Gasteiger partial charge in [0.1, 0.15) is 36.6 Å². The van der Waals surface area contributed by atoms with Gasteiger partial charge in [0, 0.05) is 0 Å². The van der Waals surface area contributed by atoms with Crippen molar-refractivity contribution < 1.29 is 57.5 Å². The lowest BCUT2D eigenvalue weighted by Gasteiger charge is -2.46. The van der Waals surface area contributed by atoms with E-state index in [2.05, 4.69) is 6.92 Å². The molecule has 268 valence electrons. The van der Waals surface area contributed by atoms with E-state index < -0.39 is 71.5 Å². The van der Waals surface area contributed by atoms with Gasteiger partial charge in [-0.1, -0.05) is 96.8 Å². The maximum absolute atomic E-state index is 10.9. The highest BCUT2D eigenvalue weighted by molar-refractivity contribution is 7.85. The third kappa shape index (κ3) is 15.1. The molecule has 0 aromatic rings. The average molecular weight is 671 g/mol. The Kier molecular flexibility index (Phi) is 19.5. The van der Waals surface area contributed by atoms with Crippen LogP contribution >= 0.6 is 0 Å². The van der Waals surface area contributed by atoms with Gasteiger partial charge in [-0.3, -0.25) is 4.55 Å². The van der Waals surface area contributed by atoms with Gasteiger partial charge in [-0.05, 0) is 33.1 Å². The first-order valence-corrected chi connectivity index (χ1v) is 18.9. The van der Waals surface area contributed by atoms with Crippen molar-refractivity contribution in [2.24, 2.45) is 0 Å². The second-order valence-corrected chi connectivity index (χ2v) is 14.6. The van der Waals surface area contributed by atoms with Crippen molar-refractivity contribution in [1.82, 2.24) is 0 Å². The van der Waals surface area contributed by atoms with Gasteiger partial charge in [-0.15, -0.1) is 0 Å². The predicted octanol–water partition coefficient (Wildman–Crippen LogP) is 3.59. The van der Waals surface area contributed by atoms with Crippen molar-refractivity contribution >= 4 is 10.1 Å². The lowest BCUT2D eigenvalue weighted by atomic mass is 9.97. The molecule has 2 rings (SSSR count). The maximum atomic E-state index is 10.9. The Morgan fingerprint density at radius 2 is 1.04 bits per heavy atom. The Balaban J connectivity index is 1.72. The molecule has 0 spiro atoms. The molecule has 0 aliphatic carbocycles. The van der Waals surface area contributed by atoms with Gasteiger partial charge in [0.2, 0.25) is 0 Å². The van der Waals surface area contributed by atoms with Crippen LogP contribution < -0.4 is 0 Å². The first kappa shape index (κ1) is 40.7. The fourth-order valence-corrected chi connectivity index (χ4v) is 6.61. The third-order valence-electron chi connectivity index (χ3n) is 9.02. The molecule has 0 aromatic heterocycles. The summed E-state index contributed by atoms with van der Waals surface area (Å²) in [6.45, 7) is 5.30. The van der Waals surface area contributed by atoms with Crippen molar-refractivity contribution in [2.75, 3.05) is 5.75 Å². The Bertz CT molecular complexity index is 876. The number of unbranched alkanes of at least 4 members (excludes halogenated alkanes) is 13. The molecule has 0 amide bonds. The van der Waals surface area contributed by atoms with Gasteiger partial charge in [0.25, 0.3) is 10.1 Å². The molecule has 6 N–H and O–H groups in total. The van der Waals surface area contributed by atoms with Crippen molar-refractivity contribution in [2.45, 2.75) is 197 Å². The van der Waals surface area contributed by atoms with Crippen LogP contribution in [0.25, 0.3) is 0 Å². The number of ether oxygens (including phenoxy) is 4. The van der Waals surface area contributed by atoms with E-state index in [1.165, 1.54) is 32.1 Å². The van der Waals surface area contributed by atoms with Gasteiger partial charge in [0.15, 0.2) is 12.6 Å². The lowest BCUT2D eigenvalue weighted by molar-refractivity contribution is -0.366. The molecule has 2 aliphatic heterocycles. The zero-order valence-corrected chi connectivity index (χ0v) is 28.4. The topological polar surface area (TPSA) is 192 Å². The SMILES string of the molecule is CCCCC(CCCCCCCCCCCCCCCS(=O)(=O)O)O[C@@H]1O[C@H](C)[C@@H](O)[C@H](O)[C@H]1O[C@@H]1O[C@H](C)[C@@H](O)[C@H](O)[C@H]1O. The standard InChI is InChI=1S/C32H62O12S/c1-4-5-19-24(20-17-15-13-11-9-7-6-8-10-12-14-16-18-21-45(38,39)40)43-32-30(28(36)26(34)23(3)42-32)44-31-29(37)27(35)25(33)22(2)41-31/h22-37H,4-21H2,1-3H3,(H,38,39,40)/t22-,23-,24?,25-,26-,27+,28+,29-,30-,31+,32+/m1/s1. The summed E-state index contributed by atoms with van der Waals surface area (Å²) in [6.07, 6.45) is 5.23. The zero-order chi connectivity index (χ0) is 33.4. The zero-order valence-electron chi connectivity index (χ0n) is 27.6. The summed E-state index contributed by atoms with van der Waals surface area (Å²) >= 11 is 0. The van der Waals surface area contributed by atoms with Crippen LogP contribution in [0.2, 0.25) is 0 Å². The smallest absolute Gasteiger partial charge is 0.264 e. The van der Waals surface area contributed by atoms with Gasteiger partial charge in [0.05, 0.1) is 24.1 Å². The van der Waals surface area contributed by atoms with Crippen molar-refractivity contribution in [3.63, 3.8) is 0 Å². The molecule has 0 radical (unpaired) electrons. The van der Waals surface area contributed by atoms with Crippen molar-refractivity contribution in [3.05, 3.63) is 0 Å². The summed E-state index contributed by atoms with van der Waals surface area (Å²) in [5.74, 6) is -0.140. The van der Waals surface area contributed by atoms with E-state index in [-0.39, 0.29) is 11.9 Å². The van der Waals surface area contributed by atoms with Gasteiger partial charge >= 0.3 is 0 Å². The molecular formula is C32H62O12S. The minimum atomic E-state index is -3.83. The minimum Gasteiger partial charge on any atom is -0.388 e.